The molecule has 0 spiro atoms. The molecule has 2 bridgehead atoms. The number of hydrogen-bond donors (Lipinski definition) is 4. The van der Waals surface area contributed by atoms with Crippen molar-refractivity contribution in [2.45, 2.75) is 69.9 Å². The molecule has 0 radical (unpaired) electrons. The maximum Gasteiger partial charge on any atom is 0.247 e. The van der Waals surface area contributed by atoms with Gasteiger partial charge in [-0.1, -0.05) is 35.7 Å². The molecule has 2 aromatic rings. The second-order valence-electron chi connectivity index (χ2n) is 12.2. The molecule has 4 N–H and O–H groups in total. The Morgan fingerprint density at radius 1 is 1.13 bits per heavy atom. The lowest BCUT2D eigenvalue weighted by Gasteiger charge is -2.41. The average molecular weight is 773 g/mol. The first kappa shape index (κ1) is 34.3. The zero-order valence-electron chi connectivity index (χ0n) is 25.1. The summed E-state index contributed by atoms with van der Waals surface area (Å²) in [6.45, 7) is -0.262. The van der Waals surface area contributed by atoms with Crippen LogP contribution in [-0.4, -0.2) is 70.5 Å². The molecule has 2 saturated carbocycles. The number of carbonyl (C=O) groups is 2. The number of nitrogens with zero attached hydrogens (tertiary/aromatic N) is 1. The summed E-state index contributed by atoms with van der Waals surface area (Å²) < 4.78 is 12.6. The number of methoxy groups -OCH3 is 1. The SMILES string of the molecule is COc1cc(CO)cc(I)c1O[C@H]1C=C(C(=O)NCCO)C[C@@H](N(Cc2ccc(Cl)cc2Cl)C(=O)CC2CC3CCC2C3)[C@@H]1O. The number of benzene rings is 2. The van der Waals surface area contributed by atoms with Crippen LogP contribution in [0.2, 0.25) is 10.0 Å². The molecular weight excluding hydrogens is 734 g/mol. The van der Waals surface area contributed by atoms with Crippen LogP contribution in [0.25, 0.3) is 0 Å². The maximum atomic E-state index is 14.2. The summed E-state index contributed by atoms with van der Waals surface area (Å²) in [7, 11) is 1.48. The van der Waals surface area contributed by atoms with Gasteiger partial charge in [-0.15, -0.1) is 0 Å². The van der Waals surface area contributed by atoms with E-state index in [0.29, 0.717) is 60.1 Å². The van der Waals surface area contributed by atoms with Crippen LogP contribution in [0.5, 0.6) is 11.5 Å². The van der Waals surface area contributed by atoms with Gasteiger partial charge in [-0.2, -0.15) is 0 Å². The minimum Gasteiger partial charge on any atom is -0.493 e. The molecule has 2 amide bonds. The van der Waals surface area contributed by atoms with Crippen molar-refractivity contribution in [1.82, 2.24) is 10.2 Å². The van der Waals surface area contributed by atoms with Crippen LogP contribution < -0.4 is 14.8 Å². The van der Waals surface area contributed by atoms with Crippen LogP contribution >= 0.6 is 45.8 Å². The van der Waals surface area contributed by atoms with Crippen molar-refractivity contribution < 1.29 is 34.4 Å². The summed E-state index contributed by atoms with van der Waals surface area (Å²) in [5, 5.41) is 34.5. The minimum atomic E-state index is -1.22. The van der Waals surface area contributed by atoms with Crippen molar-refractivity contribution in [2.24, 2.45) is 17.8 Å². The molecule has 0 aliphatic heterocycles. The van der Waals surface area contributed by atoms with Crippen LogP contribution in [0.3, 0.4) is 0 Å². The lowest BCUT2D eigenvalue weighted by Crippen LogP contribution is -2.55. The van der Waals surface area contributed by atoms with Gasteiger partial charge in [-0.05, 0) is 101 Å². The topological polar surface area (TPSA) is 129 Å². The molecule has 6 atom stereocenters. The summed E-state index contributed by atoms with van der Waals surface area (Å²) in [5.74, 6) is 1.65. The van der Waals surface area contributed by atoms with E-state index in [4.69, 9.17) is 32.7 Å². The Morgan fingerprint density at radius 3 is 2.58 bits per heavy atom. The second kappa shape index (κ2) is 15.2. The summed E-state index contributed by atoms with van der Waals surface area (Å²) in [6, 6.07) is 7.67. The van der Waals surface area contributed by atoms with E-state index in [1.54, 1.807) is 41.3 Å². The highest BCUT2D eigenvalue weighted by atomic mass is 127. The van der Waals surface area contributed by atoms with Crippen molar-refractivity contribution >= 4 is 57.6 Å². The molecular formula is C33H39Cl2IN2O7. The third-order valence-electron chi connectivity index (χ3n) is 9.34. The van der Waals surface area contributed by atoms with E-state index >= 15 is 0 Å². The van der Waals surface area contributed by atoms with Gasteiger partial charge in [-0.3, -0.25) is 9.59 Å². The fourth-order valence-electron chi connectivity index (χ4n) is 7.09. The Balaban J connectivity index is 1.50. The Hall–Kier alpha value is -2.09. The number of aliphatic hydroxyl groups is 3. The molecule has 2 aromatic carbocycles. The number of halogens is 3. The summed E-state index contributed by atoms with van der Waals surface area (Å²) in [4.78, 5) is 29.2. The van der Waals surface area contributed by atoms with Crippen LogP contribution in [0.15, 0.2) is 42.0 Å². The monoisotopic (exact) mass is 772 g/mol. The van der Waals surface area contributed by atoms with Gasteiger partial charge in [0.05, 0.1) is 29.9 Å². The number of aliphatic hydroxyl groups excluding tert-OH is 3. The second-order valence-corrected chi connectivity index (χ2v) is 14.2. The lowest BCUT2D eigenvalue weighted by atomic mass is 9.84. The smallest absolute Gasteiger partial charge is 0.247 e. The number of carbonyl (C=O) groups excluding carboxylic acids is 2. The Kier molecular flexibility index (Phi) is 11.6. The largest absolute Gasteiger partial charge is 0.493 e. The standard InChI is InChI=1S/C33H39Cl2IN2O7/c1-44-29-11-19(17-40)10-26(36)32(29)45-28-13-23(33(43)37-6-7-39)12-27(31(28)42)38(16-21-4-5-24(34)15-25(21)35)30(41)14-22-9-18-2-3-20(22)8-18/h4-5,10-11,13,15,18,20,22,27-28,31,39-40,42H,2-3,6-9,12,14,16-17H2,1H3,(H,37,43)/t18?,20?,22?,27-,28+,31+/m1/s1. The van der Waals surface area contributed by atoms with Gasteiger partial charge in [0, 0.05) is 41.5 Å². The van der Waals surface area contributed by atoms with Gasteiger partial charge >= 0.3 is 0 Å². The fourth-order valence-corrected chi connectivity index (χ4v) is 8.35. The first-order valence-electron chi connectivity index (χ1n) is 15.3. The molecule has 45 heavy (non-hydrogen) atoms. The van der Waals surface area contributed by atoms with Crippen molar-refractivity contribution in [1.29, 1.82) is 0 Å². The molecule has 0 aromatic heterocycles. The van der Waals surface area contributed by atoms with Crippen molar-refractivity contribution in [3.63, 3.8) is 0 Å². The van der Waals surface area contributed by atoms with Gasteiger partial charge in [0.1, 0.15) is 12.2 Å². The molecule has 3 aliphatic rings. The van der Waals surface area contributed by atoms with Crippen molar-refractivity contribution in [3.8, 4) is 11.5 Å². The fraction of sp³-hybridized carbons (Fsp3) is 0.515. The van der Waals surface area contributed by atoms with E-state index in [-0.39, 0.29) is 44.5 Å². The van der Waals surface area contributed by atoms with Crippen molar-refractivity contribution in [2.75, 3.05) is 20.3 Å². The number of ether oxygens (including phenoxy) is 2. The molecule has 3 aliphatic carbocycles. The Bertz CT molecular complexity index is 1440. The molecule has 9 nitrogen and oxygen atoms in total. The highest BCUT2D eigenvalue weighted by Gasteiger charge is 2.44. The summed E-state index contributed by atoms with van der Waals surface area (Å²) >= 11 is 14.8. The highest BCUT2D eigenvalue weighted by molar-refractivity contribution is 14.1. The molecule has 2 fully saturated rings. The van der Waals surface area contributed by atoms with Gasteiger partial charge < -0.3 is 35.0 Å². The molecule has 3 unspecified atom stereocenters. The molecule has 0 heterocycles. The number of hydrogen-bond acceptors (Lipinski definition) is 7. The third kappa shape index (κ3) is 7.90. The van der Waals surface area contributed by atoms with Crippen LogP contribution in [0, 0.1) is 21.3 Å². The van der Waals surface area contributed by atoms with E-state index in [1.165, 1.54) is 13.5 Å². The van der Waals surface area contributed by atoms with E-state index in [1.807, 2.05) is 0 Å². The van der Waals surface area contributed by atoms with Crippen LogP contribution in [-0.2, 0) is 22.7 Å². The number of fused-ring (bicyclic) bond motifs is 2. The van der Waals surface area contributed by atoms with Gasteiger partial charge in [0.15, 0.2) is 11.5 Å². The molecule has 12 heteroatoms. The minimum absolute atomic E-state index is 0.0521. The maximum absolute atomic E-state index is 14.2. The zero-order valence-corrected chi connectivity index (χ0v) is 28.7. The van der Waals surface area contributed by atoms with Crippen LogP contribution in [0.4, 0.5) is 0 Å². The number of rotatable bonds is 12. The van der Waals surface area contributed by atoms with E-state index in [0.717, 1.165) is 19.3 Å². The predicted octanol–water partition coefficient (Wildman–Crippen LogP) is 4.87. The normalized spacial score (nSPS) is 25.5. The third-order valence-corrected chi connectivity index (χ3v) is 10.7. The number of amides is 2. The van der Waals surface area contributed by atoms with Gasteiger partial charge in [0.2, 0.25) is 11.8 Å². The zero-order chi connectivity index (χ0) is 32.2. The first-order chi connectivity index (χ1) is 21.6. The predicted molar refractivity (Wildman–Crippen MR) is 179 cm³/mol. The van der Waals surface area contributed by atoms with E-state index < -0.39 is 24.2 Å². The highest BCUT2D eigenvalue weighted by Crippen LogP contribution is 2.50. The summed E-state index contributed by atoms with van der Waals surface area (Å²) in [5.41, 5.74) is 1.62. The van der Waals surface area contributed by atoms with Gasteiger partial charge in [0.25, 0.3) is 0 Å². The van der Waals surface area contributed by atoms with E-state index in [2.05, 4.69) is 27.9 Å². The Morgan fingerprint density at radius 2 is 1.93 bits per heavy atom. The average Bonchev–Trinajstić information content (AvgIpc) is 3.65. The molecule has 5 rings (SSSR count). The molecule has 244 valence electrons. The number of nitrogens with one attached hydrogen (secondary N) is 1. The van der Waals surface area contributed by atoms with Gasteiger partial charge in [-0.25, -0.2) is 0 Å². The van der Waals surface area contributed by atoms with E-state index in [9.17, 15) is 24.9 Å². The lowest BCUT2D eigenvalue weighted by molar-refractivity contribution is -0.141. The van der Waals surface area contributed by atoms with Crippen LogP contribution in [0.1, 0.15) is 49.7 Å². The molecule has 0 saturated heterocycles. The Labute approximate surface area is 287 Å². The summed E-state index contributed by atoms with van der Waals surface area (Å²) in [6.07, 6.45) is 4.30. The first-order valence-corrected chi connectivity index (χ1v) is 17.1. The quantitative estimate of drug-likeness (QED) is 0.227. The van der Waals surface area contributed by atoms with Crippen molar-refractivity contribution in [3.05, 3.63) is 66.7 Å².